The minimum Gasteiger partial charge on any atom is -0.285 e. The second-order valence-electron chi connectivity index (χ2n) is 3.38. The highest BCUT2D eigenvalue weighted by Crippen LogP contribution is 2.24. The van der Waals surface area contributed by atoms with Crippen LogP contribution in [0.15, 0.2) is 35.2 Å². The van der Waals surface area contributed by atoms with Crippen LogP contribution in [0.1, 0.15) is 13.8 Å². The Morgan fingerprint density at radius 1 is 1.29 bits per heavy atom. The van der Waals surface area contributed by atoms with E-state index >= 15 is 0 Å². The average molecular weight is 229 g/mol. The number of alkyl halides is 1. The smallest absolute Gasteiger partial charge is 0.211 e. The van der Waals surface area contributed by atoms with Crippen molar-refractivity contribution in [2.45, 2.75) is 24.1 Å². The fourth-order valence-corrected chi connectivity index (χ4v) is 1.98. The molecular formula is C11H13ClOS. The predicted octanol–water partition coefficient (Wildman–Crippen LogP) is 3.57. The van der Waals surface area contributed by atoms with Crippen LogP contribution in [0, 0.1) is 5.92 Å². The van der Waals surface area contributed by atoms with Crippen molar-refractivity contribution in [3.05, 3.63) is 30.3 Å². The maximum atomic E-state index is 11.6. The van der Waals surface area contributed by atoms with E-state index in [1.165, 1.54) is 11.8 Å². The van der Waals surface area contributed by atoms with E-state index in [-0.39, 0.29) is 11.0 Å². The quantitative estimate of drug-likeness (QED) is 0.581. The third-order valence-corrected chi connectivity index (χ3v) is 3.57. The first kappa shape index (κ1) is 11.6. The van der Waals surface area contributed by atoms with Crippen LogP contribution in [-0.2, 0) is 4.79 Å². The van der Waals surface area contributed by atoms with E-state index in [2.05, 4.69) is 0 Å². The molecule has 1 nitrogen and oxygen atoms in total. The summed E-state index contributed by atoms with van der Waals surface area (Å²) in [6.07, 6.45) is 0. The van der Waals surface area contributed by atoms with E-state index in [1.54, 1.807) is 0 Å². The van der Waals surface area contributed by atoms with Crippen LogP contribution in [0.2, 0.25) is 0 Å². The van der Waals surface area contributed by atoms with Crippen molar-refractivity contribution in [2.24, 2.45) is 5.92 Å². The van der Waals surface area contributed by atoms with Gasteiger partial charge in [-0.25, -0.2) is 0 Å². The maximum Gasteiger partial charge on any atom is 0.211 e. The van der Waals surface area contributed by atoms with Gasteiger partial charge in [-0.05, 0) is 18.1 Å². The SMILES string of the molecule is CC(C)C(Cl)C(=O)Sc1ccccc1. The average Bonchev–Trinajstić information content (AvgIpc) is 2.18. The highest BCUT2D eigenvalue weighted by molar-refractivity contribution is 8.14. The Kier molecular flexibility index (Phi) is 4.49. The number of rotatable bonds is 3. The van der Waals surface area contributed by atoms with Crippen molar-refractivity contribution >= 4 is 28.5 Å². The van der Waals surface area contributed by atoms with Gasteiger partial charge in [0.15, 0.2) is 0 Å². The van der Waals surface area contributed by atoms with Crippen molar-refractivity contribution in [1.82, 2.24) is 0 Å². The van der Waals surface area contributed by atoms with Gasteiger partial charge >= 0.3 is 0 Å². The van der Waals surface area contributed by atoms with Gasteiger partial charge in [0.2, 0.25) is 5.12 Å². The Morgan fingerprint density at radius 2 is 1.86 bits per heavy atom. The minimum absolute atomic E-state index is 0.0212. The third kappa shape index (κ3) is 3.35. The molecule has 0 aliphatic rings. The molecule has 76 valence electrons. The minimum atomic E-state index is -0.403. The number of carbonyl (C=O) groups excluding carboxylic acids is 1. The van der Waals surface area contributed by atoms with E-state index in [1.807, 2.05) is 44.2 Å². The summed E-state index contributed by atoms with van der Waals surface area (Å²) in [5, 5.41) is -0.381. The largest absolute Gasteiger partial charge is 0.285 e. The van der Waals surface area contributed by atoms with Gasteiger partial charge in [0, 0.05) is 4.90 Å². The van der Waals surface area contributed by atoms with Gasteiger partial charge < -0.3 is 0 Å². The Labute approximate surface area is 93.8 Å². The molecule has 0 N–H and O–H groups in total. The number of hydrogen-bond donors (Lipinski definition) is 0. The molecule has 0 bridgehead atoms. The summed E-state index contributed by atoms with van der Waals surface area (Å²) in [5.74, 6) is 0.181. The third-order valence-electron chi connectivity index (χ3n) is 1.77. The number of carbonyl (C=O) groups is 1. The monoisotopic (exact) mass is 228 g/mol. The molecule has 1 atom stereocenters. The van der Waals surface area contributed by atoms with Gasteiger partial charge in [-0.2, -0.15) is 0 Å². The van der Waals surface area contributed by atoms with E-state index in [0.29, 0.717) is 0 Å². The van der Waals surface area contributed by atoms with E-state index < -0.39 is 5.38 Å². The van der Waals surface area contributed by atoms with Crippen LogP contribution in [0.4, 0.5) is 0 Å². The number of thioether (sulfide) groups is 1. The first-order valence-electron chi connectivity index (χ1n) is 4.52. The summed E-state index contributed by atoms with van der Waals surface area (Å²) in [4.78, 5) is 12.5. The molecule has 1 rings (SSSR count). The van der Waals surface area contributed by atoms with Crippen LogP contribution < -0.4 is 0 Å². The topological polar surface area (TPSA) is 17.1 Å². The lowest BCUT2D eigenvalue weighted by Gasteiger charge is -2.10. The number of hydrogen-bond acceptors (Lipinski definition) is 2. The molecule has 1 aromatic carbocycles. The zero-order valence-corrected chi connectivity index (χ0v) is 9.81. The van der Waals surface area contributed by atoms with Gasteiger partial charge in [0.25, 0.3) is 0 Å². The molecule has 0 aromatic heterocycles. The zero-order valence-electron chi connectivity index (χ0n) is 8.24. The molecule has 0 heterocycles. The second kappa shape index (κ2) is 5.42. The fraction of sp³-hybridized carbons (Fsp3) is 0.364. The van der Waals surface area contributed by atoms with Gasteiger partial charge in [0.05, 0.1) is 0 Å². The summed E-state index contributed by atoms with van der Waals surface area (Å²) < 4.78 is 0. The summed E-state index contributed by atoms with van der Waals surface area (Å²) in [5.41, 5.74) is 0. The van der Waals surface area contributed by atoms with E-state index in [9.17, 15) is 4.79 Å². The van der Waals surface area contributed by atoms with Crippen LogP contribution in [-0.4, -0.2) is 10.5 Å². The first-order chi connectivity index (χ1) is 6.61. The molecular weight excluding hydrogens is 216 g/mol. The lowest BCUT2D eigenvalue weighted by molar-refractivity contribution is -0.111. The summed E-state index contributed by atoms with van der Waals surface area (Å²) >= 11 is 7.15. The van der Waals surface area contributed by atoms with Crippen LogP contribution >= 0.6 is 23.4 Å². The van der Waals surface area contributed by atoms with Gasteiger partial charge in [-0.3, -0.25) is 4.79 Å². The molecule has 1 unspecified atom stereocenters. The first-order valence-corrected chi connectivity index (χ1v) is 5.77. The van der Waals surface area contributed by atoms with Crippen molar-refractivity contribution in [3.8, 4) is 0 Å². The van der Waals surface area contributed by atoms with Crippen molar-refractivity contribution in [3.63, 3.8) is 0 Å². The summed E-state index contributed by atoms with van der Waals surface area (Å²) in [7, 11) is 0. The van der Waals surface area contributed by atoms with Crippen molar-refractivity contribution in [1.29, 1.82) is 0 Å². The zero-order chi connectivity index (χ0) is 10.6. The van der Waals surface area contributed by atoms with Gasteiger partial charge in [0.1, 0.15) is 5.38 Å². The lowest BCUT2D eigenvalue weighted by atomic mass is 10.1. The molecule has 14 heavy (non-hydrogen) atoms. The normalized spacial score (nSPS) is 12.9. The fourth-order valence-electron chi connectivity index (χ4n) is 0.933. The Balaban J connectivity index is 2.58. The molecule has 1 aromatic rings. The molecule has 0 saturated heterocycles. The number of halogens is 1. The molecule has 0 aliphatic carbocycles. The second-order valence-corrected chi connectivity index (χ2v) is 4.93. The van der Waals surface area contributed by atoms with Crippen LogP contribution in [0.25, 0.3) is 0 Å². The molecule has 3 heteroatoms. The predicted molar refractivity (Wildman–Crippen MR) is 61.8 cm³/mol. The molecule has 0 fully saturated rings. The Morgan fingerprint density at radius 3 is 2.36 bits per heavy atom. The van der Waals surface area contributed by atoms with E-state index in [0.717, 1.165) is 4.90 Å². The lowest BCUT2D eigenvalue weighted by Crippen LogP contribution is -2.16. The number of benzene rings is 1. The highest BCUT2D eigenvalue weighted by atomic mass is 35.5. The molecule has 0 aliphatic heterocycles. The van der Waals surface area contributed by atoms with Gasteiger partial charge in [-0.1, -0.05) is 43.8 Å². The van der Waals surface area contributed by atoms with Crippen LogP contribution in [0.5, 0.6) is 0 Å². The molecule has 0 saturated carbocycles. The van der Waals surface area contributed by atoms with Gasteiger partial charge in [-0.15, -0.1) is 11.6 Å². The standard InChI is InChI=1S/C11H13ClOS/c1-8(2)10(12)11(13)14-9-6-4-3-5-7-9/h3-8,10H,1-2H3. The van der Waals surface area contributed by atoms with Crippen molar-refractivity contribution < 1.29 is 4.79 Å². The molecule has 0 radical (unpaired) electrons. The van der Waals surface area contributed by atoms with Crippen molar-refractivity contribution in [2.75, 3.05) is 0 Å². The summed E-state index contributed by atoms with van der Waals surface area (Å²) in [6.45, 7) is 3.89. The molecule has 0 amide bonds. The van der Waals surface area contributed by atoms with E-state index in [4.69, 9.17) is 11.6 Å². The Hall–Kier alpha value is -0.470. The highest BCUT2D eigenvalue weighted by Gasteiger charge is 2.19. The molecule has 0 spiro atoms. The summed E-state index contributed by atoms with van der Waals surface area (Å²) in [6, 6.07) is 9.57. The van der Waals surface area contributed by atoms with Crippen LogP contribution in [0.3, 0.4) is 0 Å². The Bertz CT molecular complexity index is 297. The maximum absolute atomic E-state index is 11.6.